The molecule has 1 unspecified atom stereocenters. The lowest BCUT2D eigenvalue weighted by molar-refractivity contribution is -0.129. The van der Waals surface area contributed by atoms with Crippen molar-refractivity contribution in [2.24, 2.45) is 11.8 Å². The second-order valence-corrected chi connectivity index (χ2v) is 4.60. The van der Waals surface area contributed by atoms with E-state index in [-0.39, 0.29) is 18.1 Å². The molecule has 5 heteroatoms. The molecule has 1 atom stereocenters. The molecular formula is C13H17FN2O2. The van der Waals surface area contributed by atoms with Crippen LogP contribution in [0.4, 0.5) is 4.39 Å². The lowest BCUT2D eigenvalue weighted by atomic mass is 10.1. The topological polar surface area (TPSA) is 55.6 Å². The Balaban J connectivity index is 1.91. The minimum atomic E-state index is -0.327. The number of rotatable bonds is 4. The van der Waals surface area contributed by atoms with Gasteiger partial charge >= 0.3 is 0 Å². The molecule has 1 fully saturated rings. The summed E-state index contributed by atoms with van der Waals surface area (Å²) in [7, 11) is 0. The number of carbonyl (C=O) groups is 1. The standard InChI is InChI=1S/C13H17FN2O2/c14-12-4-2-1-3-11(12)7-13(17)16-6-5-10(8-16)9-18-15/h1-4,10H,5-9,15H2. The van der Waals surface area contributed by atoms with Crippen molar-refractivity contribution in [3.05, 3.63) is 35.6 Å². The quantitative estimate of drug-likeness (QED) is 0.817. The predicted octanol–water partition coefficient (Wildman–Crippen LogP) is 1.11. The number of likely N-dealkylation sites (tertiary alicyclic amines) is 1. The van der Waals surface area contributed by atoms with Crippen molar-refractivity contribution in [2.75, 3.05) is 19.7 Å². The Hall–Kier alpha value is -1.46. The van der Waals surface area contributed by atoms with Crippen molar-refractivity contribution in [3.63, 3.8) is 0 Å². The van der Waals surface area contributed by atoms with E-state index < -0.39 is 0 Å². The molecule has 1 aromatic carbocycles. The summed E-state index contributed by atoms with van der Waals surface area (Å²) in [6.45, 7) is 1.80. The smallest absolute Gasteiger partial charge is 0.227 e. The van der Waals surface area contributed by atoms with Crippen molar-refractivity contribution in [3.8, 4) is 0 Å². The maximum absolute atomic E-state index is 13.4. The molecule has 98 valence electrons. The molecule has 1 saturated heterocycles. The highest BCUT2D eigenvalue weighted by Crippen LogP contribution is 2.18. The van der Waals surface area contributed by atoms with Gasteiger partial charge in [0, 0.05) is 19.0 Å². The molecule has 0 aliphatic carbocycles. The van der Waals surface area contributed by atoms with Crippen LogP contribution in [0.25, 0.3) is 0 Å². The van der Waals surface area contributed by atoms with E-state index in [2.05, 4.69) is 4.84 Å². The number of nitrogens with zero attached hydrogens (tertiary/aromatic N) is 1. The average molecular weight is 252 g/mol. The molecule has 1 heterocycles. The first-order valence-electron chi connectivity index (χ1n) is 6.03. The molecule has 0 radical (unpaired) electrons. The number of benzene rings is 1. The Bertz CT molecular complexity index is 425. The van der Waals surface area contributed by atoms with Gasteiger partial charge in [-0.3, -0.25) is 4.79 Å². The summed E-state index contributed by atoms with van der Waals surface area (Å²) < 4.78 is 13.4. The number of carbonyl (C=O) groups excluding carboxylic acids is 1. The van der Waals surface area contributed by atoms with Gasteiger partial charge in [-0.15, -0.1) is 0 Å². The molecular weight excluding hydrogens is 235 g/mol. The summed E-state index contributed by atoms with van der Waals surface area (Å²) in [4.78, 5) is 18.3. The van der Waals surface area contributed by atoms with Crippen LogP contribution < -0.4 is 5.90 Å². The fraction of sp³-hybridized carbons (Fsp3) is 0.462. The SMILES string of the molecule is NOCC1CCN(C(=O)Cc2ccccc2F)C1. The highest BCUT2D eigenvalue weighted by Gasteiger charge is 2.26. The molecule has 1 aliphatic rings. The Morgan fingerprint density at radius 2 is 2.28 bits per heavy atom. The Morgan fingerprint density at radius 3 is 3.00 bits per heavy atom. The zero-order valence-corrected chi connectivity index (χ0v) is 10.1. The Morgan fingerprint density at radius 1 is 1.50 bits per heavy atom. The number of hydrogen-bond donors (Lipinski definition) is 1. The minimum Gasteiger partial charge on any atom is -0.342 e. The van der Waals surface area contributed by atoms with Gasteiger partial charge in [0.05, 0.1) is 13.0 Å². The van der Waals surface area contributed by atoms with Crippen LogP contribution in [0.1, 0.15) is 12.0 Å². The maximum atomic E-state index is 13.4. The van der Waals surface area contributed by atoms with Gasteiger partial charge in [0.2, 0.25) is 5.91 Å². The van der Waals surface area contributed by atoms with Crippen LogP contribution in [-0.2, 0) is 16.1 Å². The molecule has 0 bridgehead atoms. The van der Waals surface area contributed by atoms with Crippen molar-refractivity contribution >= 4 is 5.91 Å². The second-order valence-electron chi connectivity index (χ2n) is 4.60. The lowest BCUT2D eigenvalue weighted by Gasteiger charge is -2.16. The third-order valence-corrected chi connectivity index (χ3v) is 3.27. The molecule has 0 spiro atoms. The monoisotopic (exact) mass is 252 g/mol. The van der Waals surface area contributed by atoms with Crippen LogP contribution in [0.2, 0.25) is 0 Å². The van der Waals surface area contributed by atoms with Gasteiger partial charge in [-0.1, -0.05) is 18.2 Å². The van der Waals surface area contributed by atoms with Gasteiger partial charge in [0.1, 0.15) is 5.82 Å². The molecule has 1 amide bonds. The molecule has 0 aromatic heterocycles. The first-order chi connectivity index (χ1) is 8.70. The number of nitrogens with two attached hydrogens (primary N) is 1. The predicted molar refractivity (Wildman–Crippen MR) is 64.9 cm³/mol. The Kier molecular flexibility index (Phi) is 4.28. The summed E-state index contributed by atoms with van der Waals surface area (Å²) in [6, 6.07) is 6.37. The Labute approximate surface area is 105 Å². The number of hydrogen-bond acceptors (Lipinski definition) is 3. The van der Waals surface area contributed by atoms with Gasteiger partial charge in [-0.05, 0) is 18.1 Å². The lowest BCUT2D eigenvalue weighted by Crippen LogP contribution is -2.31. The first-order valence-corrected chi connectivity index (χ1v) is 6.03. The van der Waals surface area contributed by atoms with Crippen molar-refractivity contribution < 1.29 is 14.0 Å². The van der Waals surface area contributed by atoms with Crippen molar-refractivity contribution in [2.45, 2.75) is 12.8 Å². The largest absolute Gasteiger partial charge is 0.342 e. The fourth-order valence-electron chi connectivity index (χ4n) is 2.25. The summed E-state index contributed by atoms with van der Waals surface area (Å²) in [6.07, 6.45) is 1.00. The molecule has 2 N–H and O–H groups in total. The normalized spacial score (nSPS) is 19.2. The van der Waals surface area contributed by atoms with Crippen molar-refractivity contribution in [1.29, 1.82) is 0 Å². The van der Waals surface area contributed by atoms with Gasteiger partial charge in [-0.25, -0.2) is 10.3 Å². The van der Waals surface area contributed by atoms with Crippen LogP contribution in [0.3, 0.4) is 0 Å². The summed E-state index contributed by atoms with van der Waals surface area (Å²) in [5, 5.41) is 0. The zero-order chi connectivity index (χ0) is 13.0. The highest BCUT2D eigenvalue weighted by atomic mass is 19.1. The van der Waals surface area contributed by atoms with Crippen LogP contribution in [-0.4, -0.2) is 30.5 Å². The van der Waals surface area contributed by atoms with E-state index in [1.165, 1.54) is 6.07 Å². The number of halogens is 1. The van der Waals surface area contributed by atoms with Crippen LogP contribution >= 0.6 is 0 Å². The van der Waals surface area contributed by atoms with Crippen LogP contribution in [0.5, 0.6) is 0 Å². The van der Waals surface area contributed by atoms with E-state index in [1.54, 1.807) is 23.1 Å². The van der Waals surface area contributed by atoms with E-state index in [9.17, 15) is 9.18 Å². The summed E-state index contributed by atoms with van der Waals surface area (Å²) in [5.74, 6) is 4.94. The molecule has 1 aromatic rings. The maximum Gasteiger partial charge on any atom is 0.227 e. The van der Waals surface area contributed by atoms with Gasteiger partial charge in [0.15, 0.2) is 0 Å². The first kappa shape index (κ1) is 13.0. The second kappa shape index (κ2) is 5.93. The highest BCUT2D eigenvalue weighted by molar-refractivity contribution is 5.79. The van der Waals surface area contributed by atoms with Crippen LogP contribution in [0, 0.1) is 11.7 Å². The van der Waals surface area contributed by atoms with Crippen LogP contribution in [0.15, 0.2) is 24.3 Å². The van der Waals surface area contributed by atoms with E-state index in [0.717, 1.165) is 6.42 Å². The molecule has 0 saturated carbocycles. The van der Waals surface area contributed by atoms with Gasteiger partial charge < -0.3 is 9.74 Å². The van der Waals surface area contributed by atoms with Gasteiger partial charge in [0.25, 0.3) is 0 Å². The third-order valence-electron chi connectivity index (χ3n) is 3.27. The zero-order valence-electron chi connectivity index (χ0n) is 10.1. The van der Waals surface area contributed by atoms with E-state index in [0.29, 0.717) is 31.2 Å². The van der Waals surface area contributed by atoms with E-state index in [4.69, 9.17) is 5.90 Å². The minimum absolute atomic E-state index is 0.0420. The summed E-state index contributed by atoms with van der Waals surface area (Å²) in [5.41, 5.74) is 0.445. The van der Waals surface area contributed by atoms with E-state index >= 15 is 0 Å². The molecule has 18 heavy (non-hydrogen) atoms. The average Bonchev–Trinajstić information content (AvgIpc) is 2.81. The van der Waals surface area contributed by atoms with Crippen molar-refractivity contribution in [1.82, 2.24) is 4.90 Å². The number of amides is 1. The van der Waals surface area contributed by atoms with Gasteiger partial charge in [-0.2, -0.15) is 0 Å². The molecule has 1 aliphatic heterocycles. The van der Waals surface area contributed by atoms with E-state index in [1.807, 2.05) is 0 Å². The molecule has 4 nitrogen and oxygen atoms in total. The summed E-state index contributed by atoms with van der Waals surface area (Å²) >= 11 is 0. The third kappa shape index (κ3) is 3.05. The molecule has 2 rings (SSSR count). The fourth-order valence-corrected chi connectivity index (χ4v) is 2.25.